The van der Waals surface area contributed by atoms with Gasteiger partial charge < -0.3 is 15.5 Å². The summed E-state index contributed by atoms with van der Waals surface area (Å²) in [5.74, 6) is -0.595. The van der Waals surface area contributed by atoms with Gasteiger partial charge in [0.1, 0.15) is 0 Å². The van der Waals surface area contributed by atoms with Crippen molar-refractivity contribution in [2.75, 3.05) is 23.7 Å². The maximum absolute atomic E-state index is 13.0. The highest BCUT2D eigenvalue weighted by Crippen LogP contribution is 2.36. The van der Waals surface area contributed by atoms with E-state index in [0.29, 0.717) is 25.9 Å². The van der Waals surface area contributed by atoms with Crippen LogP contribution in [0.1, 0.15) is 25.3 Å². The zero-order chi connectivity index (χ0) is 21.1. The summed E-state index contributed by atoms with van der Waals surface area (Å²) in [6.07, 6.45) is 2.11. The van der Waals surface area contributed by atoms with Crippen molar-refractivity contribution in [3.8, 4) is 0 Å². The number of carbonyl (C=O) groups excluding carboxylic acids is 3. The van der Waals surface area contributed by atoms with Gasteiger partial charge in [-0.05, 0) is 49.1 Å². The molecule has 2 aliphatic rings. The molecular weight excluding hydrogens is 398 g/mol. The van der Waals surface area contributed by atoms with Crippen molar-refractivity contribution in [1.29, 1.82) is 0 Å². The van der Waals surface area contributed by atoms with Crippen molar-refractivity contribution in [2.45, 2.75) is 36.3 Å². The lowest BCUT2D eigenvalue weighted by Gasteiger charge is -2.34. The van der Waals surface area contributed by atoms with Crippen molar-refractivity contribution < 1.29 is 14.4 Å². The number of para-hydroxylation sites is 1. The van der Waals surface area contributed by atoms with Crippen LogP contribution in [0.5, 0.6) is 0 Å². The van der Waals surface area contributed by atoms with Crippen LogP contribution in [0.2, 0.25) is 0 Å². The molecule has 1 unspecified atom stereocenters. The molecule has 156 valence electrons. The van der Waals surface area contributed by atoms with Crippen LogP contribution in [-0.2, 0) is 20.8 Å². The van der Waals surface area contributed by atoms with Gasteiger partial charge in [0.2, 0.25) is 17.7 Å². The summed E-state index contributed by atoms with van der Waals surface area (Å²) >= 11 is 1.30. The normalized spacial score (nSPS) is 19.0. The maximum atomic E-state index is 13.0. The summed E-state index contributed by atoms with van der Waals surface area (Å²) in [5, 5.41) is 5.05. The highest BCUT2D eigenvalue weighted by Gasteiger charge is 2.37. The molecular formula is C23H25N3O3S. The van der Waals surface area contributed by atoms with Crippen molar-refractivity contribution in [2.24, 2.45) is 5.92 Å². The molecule has 2 aromatic carbocycles. The van der Waals surface area contributed by atoms with Gasteiger partial charge in [0.05, 0.1) is 5.69 Å². The SMILES string of the molecule is CCc1cccc(NC(=O)C2CCN(C(=O)C3Sc4ccccc4NC3=O)CC2)c1. The third-order valence-corrected chi connectivity index (χ3v) is 6.89. The van der Waals surface area contributed by atoms with Gasteiger partial charge in [-0.2, -0.15) is 0 Å². The van der Waals surface area contributed by atoms with Gasteiger partial charge in [0.15, 0.2) is 5.25 Å². The van der Waals surface area contributed by atoms with Crippen molar-refractivity contribution in [1.82, 2.24) is 4.90 Å². The lowest BCUT2D eigenvalue weighted by Crippen LogP contribution is -2.48. The summed E-state index contributed by atoms with van der Waals surface area (Å²) in [6, 6.07) is 15.4. The minimum atomic E-state index is -0.776. The number of likely N-dealkylation sites (tertiary alicyclic amines) is 1. The van der Waals surface area contributed by atoms with Crippen LogP contribution in [0, 0.1) is 5.92 Å². The highest BCUT2D eigenvalue weighted by atomic mass is 32.2. The summed E-state index contributed by atoms with van der Waals surface area (Å²) in [4.78, 5) is 40.6. The fourth-order valence-corrected chi connectivity index (χ4v) is 4.93. The third kappa shape index (κ3) is 4.36. The molecule has 2 aromatic rings. The molecule has 2 aliphatic heterocycles. The number of fused-ring (bicyclic) bond motifs is 1. The lowest BCUT2D eigenvalue weighted by molar-refractivity contribution is -0.136. The predicted molar refractivity (Wildman–Crippen MR) is 118 cm³/mol. The standard InChI is InChI=1S/C23H25N3O3S/c1-2-15-6-5-7-17(14-15)24-21(27)16-10-12-26(13-11-16)23(29)20-22(28)25-18-8-3-4-9-19(18)30-20/h3-9,14,16,20H,2,10-13H2,1H3,(H,24,27)(H,25,28). The van der Waals surface area contributed by atoms with Crippen LogP contribution in [0.4, 0.5) is 11.4 Å². The van der Waals surface area contributed by atoms with Gasteiger partial charge in [-0.25, -0.2) is 0 Å². The Labute approximate surface area is 180 Å². The zero-order valence-electron chi connectivity index (χ0n) is 16.9. The van der Waals surface area contributed by atoms with Crippen LogP contribution < -0.4 is 10.6 Å². The second kappa shape index (κ2) is 8.92. The van der Waals surface area contributed by atoms with E-state index in [1.54, 1.807) is 4.90 Å². The Morgan fingerprint density at radius 3 is 2.67 bits per heavy atom. The van der Waals surface area contributed by atoms with Crippen LogP contribution in [0.25, 0.3) is 0 Å². The van der Waals surface area contributed by atoms with E-state index in [4.69, 9.17) is 0 Å². The Morgan fingerprint density at radius 2 is 1.90 bits per heavy atom. The number of nitrogens with zero attached hydrogens (tertiary/aromatic N) is 1. The molecule has 0 saturated carbocycles. The minimum Gasteiger partial charge on any atom is -0.341 e. The van der Waals surface area contributed by atoms with Gasteiger partial charge in [0.25, 0.3) is 0 Å². The number of amides is 3. The molecule has 1 saturated heterocycles. The maximum Gasteiger partial charge on any atom is 0.247 e. The topological polar surface area (TPSA) is 78.5 Å². The van der Waals surface area contributed by atoms with Crippen molar-refractivity contribution in [3.05, 3.63) is 54.1 Å². The number of anilines is 2. The van der Waals surface area contributed by atoms with Gasteiger partial charge in [-0.3, -0.25) is 14.4 Å². The third-order valence-electron chi connectivity index (χ3n) is 5.63. The zero-order valence-corrected chi connectivity index (χ0v) is 17.7. The monoisotopic (exact) mass is 423 g/mol. The lowest BCUT2D eigenvalue weighted by atomic mass is 9.95. The molecule has 0 spiro atoms. The Bertz CT molecular complexity index is 970. The Kier molecular flexibility index (Phi) is 6.08. The Balaban J connectivity index is 1.33. The number of rotatable bonds is 4. The number of benzene rings is 2. The molecule has 0 bridgehead atoms. The number of piperidine rings is 1. The quantitative estimate of drug-likeness (QED) is 0.738. The Hall–Kier alpha value is -2.80. The molecule has 3 amide bonds. The van der Waals surface area contributed by atoms with E-state index in [9.17, 15) is 14.4 Å². The highest BCUT2D eigenvalue weighted by molar-refractivity contribution is 8.01. The van der Waals surface area contributed by atoms with E-state index in [0.717, 1.165) is 22.7 Å². The smallest absolute Gasteiger partial charge is 0.247 e. The largest absolute Gasteiger partial charge is 0.341 e. The first-order valence-corrected chi connectivity index (χ1v) is 11.2. The number of hydrogen-bond donors (Lipinski definition) is 2. The van der Waals surface area contributed by atoms with E-state index in [1.165, 1.54) is 17.3 Å². The van der Waals surface area contributed by atoms with E-state index in [2.05, 4.69) is 17.6 Å². The second-order valence-electron chi connectivity index (χ2n) is 7.63. The van der Waals surface area contributed by atoms with Crippen LogP contribution in [-0.4, -0.2) is 41.0 Å². The van der Waals surface area contributed by atoms with E-state index >= 15 is 0 Å². The fraction of sp³-hybridized carbons (Fsp3) is 0.348. The first kappa shape index (κ1) is 20.5. The summed E-state index contributed by atoms with van der Waals surface area (Å²) in [5.41, 5.74) is 2.74. The molecule has 0 aromatic heterocycles. The minimum absolute atomic E-state index is 0.00550. The average molecular weight is 424 g/mol. The molecule has 30 heavy (non-hydrogen) atoms. The number of carbonyl (C=O) groups is 3. The molecule has 7 heteroatoms. The molecule has 1 atom stereocenters. The summed E-state index contributed by atoms with van der Waals surface area (Å²) < 4.78 is 0. The first-order chi connectivity index (χ1) is 14.5. The number of aryl methyl sites for hydroxylation is 1. The van der Waals surface area contributed by atoms with Crippen molar-refractivity contribution in [3.63, 3.8) is 0 Å². The fourth-order valence-electron chi connectivity index (χ4n) is 3.86. The van der Waals surface area contributed by atoms with E-state index < -0.39 is 5.25 Å². The average Bonchev–Trinajstić information content (AvgIpc) is 2.78. The molecule has 2 N–H and O–H groups in total. The van der Waals surface area contributed by atoms with Crippen LogP contribution in [0.15, 0.2) is 53.4 Å². The number of nitrogens with one attached hydrogen (secondary N) is 2. The number of thioether (sulfide) groups is 1. The summed E-state index contributed by atoms with van der Waals surface area (Å²) in [6.45, 7) is 3.05. The number of hydrogen-bond acceptors (Lipinski definition) is 4. The van der Waals surface area contributed by atoms with Gasteiger partial charge in [-0.1, -0.05) is 31.2 Å². The molecule has 6 nitrogen and oxygen atoms in total. The van der Waals surface area contributed by atoms with Gasteiger partial charge in [0, 0.05) is 29.6 Å². The van der Waals surface area contributed by atoms with Crippen LogP contribution in [0.3, 0.4) is 0 Å². The van der Waals surface area contributed by atoms with E-state index in [-0.39, 0.29) is 23.6 Å². The first-order valence-electron chi connectivity index (χ1n) is 10.3. The molecule has 0 aliphatic carbocycles. The molecule has 0 radical (unpaired) electrons. The molecule has 2 heterocycles. The predicted octanol–water partition coefficient (Wildman–Crippen LogP) is 3.54. The Morgan fingerprint density at radius 1 is 1.13 bits per heavy atom. The molecule has 1 fully saturated rings. The molecule has 4 rings (SSSR count). The van der Waals surface area contributed by atoms with Crippen molar-refractivity contribution >= 4 is 40.9 Å². The summed E-state index contributed by atoms with van der Waals surface area (Å²) in [7, 11) is 0. The van der Waals surface area contributed by atoms with Gasteiger partial charge in [-0.15, -0.1) is 11.8 Å². The van der Waals surface area contributed by atoms with E-state index in [1.807, 2.05) is 48.5 Å². The second-order valence-corrected chi connectivity index (χ2v) is 8.77. The van der Waals surface area contributed by atoms with Gasteiger partial charge >= 0.3 is 0 Å². The van der Waals surface area contributed by atoms with Crippen LogP contribution >= 0.6 is 11.8 Å².